The number of amides is 3. The molecule has 1 aliphatic heterocycles. The Balaban J connectivity index is 1.42. The first-order valence-electron chi connectivity index (χ1n) is 11.6. The van der Waals surface area contributed by atoms with Crippen LogP contribution in [0.4, 0.5) is 11.4 Å². The van der Waals surface area contributed by atoms with E-state index in [0.717, 1.165) is 17.7 Å². The molecule has 0 saturated heterocycles. The van der Waals surface area contributed by atoms with Gasteiger partial charge in [-0.05, 0) is 48.7 Å². The molecule has 0 aliphatic carbocycles. The van der Waals surface area contributed by atoms with Crippen LogP contribution in [0.15, 0.2) is 72.9 Å². The molecule has 0 unspecified atom stereocenters. The van der Waals surface area contributed by atoms with Crippen molar-refractivity contribution in [1.29, 1.82) is 0 Å². The minimum atomic E-state index is -0.611. The molecule has 0 radical (unpaired) electrons. The Morgan fingerprint density at radius 2 is 1.70 bits per heavy atom. The van der Waals surface area contributed by atoms with Crippen LogP contribution in [0.1, 0.15) is 50.2 Å². The van der Waals surface area contributed by atoms with E-state index in [2.05, 4.69) is 21.0 Å². The molecule has 0 bridgehead atoms. The molecule has 3 aromatic carbocycles. The molecule has 37 heavy (non-hydrogen) atoms. The predicted octanol–water partition coefficient (Wildman–Crippen LogP) is 3.42. The topological polar surface area (TPSA) is 140 Å². The standard InChI is InChI=1S/C28H26N4O5/c1-37-32-25(33)7-2-4-17-8-11-21(12-9-17)30-16-23-22-13-10-19(15-24(22)31-28(23)36)26(34)18-5-3-6-20(14-18)27(29)35/h3,5-6,8-16,30H,2,4,7H2,1H3,(H2,29,35)(H,31,36)(H,32,33)/b23-16-. The van der Waals surface area contributed by atoms with Gasteiger partial charge >= 0.3 is 0 Å². The molecule has 188 valence electrons. The number of carbonyl (C=O) groups excluding carboxylic acids is 4. The highest BCUT2D eigenvalue weighted by Gasteiger charge is 2.25. The maximum Gasteiger partial charge on any atom is 0.257 e. The highest BCUT2D eigenvalue weighted by Crippen LogP contribution is 2.33. The Morgan fingerprint density at radius 1 is 0.973 bits per heavy atom. The summed E-state index contributed by atoms with van der Waals surface area (Å²) in [6.07, 6.45) is 3.46. The molecule has 5 N–H and O–H groups in total. The molecular formula is C28H26N4O5. The van der Waals surface area contributed by atoms with E-state index < -0.39 is 5.91 Å². The molecule has 0 spiro atoms. The normalized spacial score (nSPS) is 13.1. The largest absolute Gasteiger partial charge is 0.366 e. The second kappa shape index (κ2) is 11.3. The van der Waals surface area contributed by atoms with E-state index in [0.29, 0.717) is 40.8 Å². The van der Waals surface area contributed by atoms with Crippen LogP contribution in [0.5, 0.6) is 0 Å². The van der Waals surface area contributed by atoms with Gasteiger partial charge < -0.3 is 16.4 Å². The summed E-state index contributed by atoms with van der Waals surface area (Å²) in [6.45, 7) is 0. The summed E-state index contributed by atoms with van der Waals surface area (Å²) < 4.78 is 0. The number of ketones is 1. The Bertz CT molecular complexity index is 1400. The molecule has 0 aromatic heterocycles. The molecule has 9 nitrogen and oxygen atoms in total. The lowest BCUT2D eigenvalue weighted by atomic mass is 9.98. The number of hydrogen-bond donors (Lipinski definition) is 4. The maximum atomic E-state index is 12.9. The van der Waals surface area contributed by atoms with Crippen LogP contribution in [-0.4, -0.2) is 30.6 Å². The van der Waals surface area contributed by atoms with Gasteiger partial charge in [-0.15, -0.1) is 0 Å². The summed E-state index contributed by atoms with van der Waals surface area (Å²) in [5, 5.41) is 5.94. The van der Waals surface area contributed by atoms with Gasteiger partial charge in [0.15, 0.2) is 5.78 Å². The van der Waals surface area contributed by atoms with E-state index in [1.165, 1.54) is 13.2 Å². The summed E-state index contributed by atoms with van der Waals surface area (Å²) in [6, 6.07) is 18.9. The van der Waals surface area contributed by atoms with Crippen molar-refractivity contribution in [3.63, 3.8) is 0 Å². The number of aryl methyl sites for hydroxylation is 1. The van der Waals surface area contributed by atoms with Gasteiger partial charge in [0.25, 0.3) is 5.91 Å². The molecule has 0 fully saturated rings. The smallest absolute Gasteiger partial charge is 0.257 e. The van der Waals surface area contributed by atoms with Crippen LogP contribution in [0, 0.1) is 0 Å². The second-order valence-corrected chi connectivity index (χ2v) is 8.47. The summed E-state index contributed by atoms with van der Waals surface area (Å²) >= 11 is 0. The molecule has 4 rings (SSSR count). The van der Waals surface area contributed by atoms with E-state index in [1.807, 2.05) is 24.3 Å². The van der Waals surface area contributed by atoms with E-state index in [9.17, 15) is 19.2 Å². The number of carbonyl (C=O) groups is 4. The minimum absolute atomic E-state index is 0.156. The molecule has 9 heteroatoms. The van der Waals surface area contributed by atoms with E-state index in [-0.39, 0.29) is 23.2 Å². The monoisotopic (exact) mass is 498 g/mol. The van der Waals surface area contributed by atoms with Crippen molar-refractivity contribution >= 4 is 40.5 Å². The van der Waals surface area contributed by atoms with Gasteiger partial charge in [-0.25, -0.2) is 5.48 Å². The number of benzene rings is 3. The van der Waals surface area contributed by atoms with Crippen LogP contribution in [-0.2, 0) is 20.8 Å². The number of nitrogens with one attached hydrogen (secondary N) is 3. The zero-order valence-electron chi connectivity index (χ0n) is 20.2. The summed E-state index contributed by atoms with van der Waals surface area (Å²) in [4.78, 5) is 53.0. The minimum Gasteiger partial charge on any atom is -0.366 e. The van der Waals surface area contributed by atoms with E-state index in [1.54, 1.807) is 42.6 Å². The number of fused-ring (bicyclic) bond motifs is 1. The van der Waals surface area contributed by atoms with Crippen LogP contribution in [0.3, 0.4) is 0 Å². The number of rotatable bonds is 10. The number of anilines is 2. The van der Waals surface area contributed by atoms with Gasteiger partial charge in [-0.3, -0.25) is 24.0 Å². The van der Waals surface area contributed by atoms with E-state index in [4.69, 9.17) is 5.73 Å². The van der Waals surface area contributed by atoms with Gasteiger partial charge in [0.05, 0.1) is 12.7 Å². The quantitative estimate of drug-likeness (QED) is 0.192. The molecule has 0 saturated carbocycles. The summed E-state index contributed by atoms with van der Waals surface area (Å²) in [7, 11) is 1.40. The fourth-order valence-corrected chi connectivity index (χ4v) is 4.00. The van der Waals surface area contributed by atoms with Crippen molar-refractivity contribution in [1.82, 2.24) is 5.48 Å². The highest BCUT2D eigenvalue weighted by atomic mass is 16.6. The fraction of sp³-hybridized carbons (Fsp3) is 0.143. The molecular weight excluding hydrogens is 472 g/mol. The van der Waals surface area contributed by atoms with Crippen molar-refractivity contribution in [3.8, 4) is 0 Å². The van der Waals surface area contributed by atoms with Gasteiger partial charge in [0, 0.05) is 46.2 Å². The number of hydrogen-bond acceptors (Lipinski definition) is 6. The average molecular weight is 499 g/mol. The van der Waals surface area contributed by atoms with E-state index >= 15 is 0 Å². The summed E-state index contributed by atoms with van der Waals surface area (Å²) in [5.41, 5.74) is 12.1. The van der Waals surface area contributed by atoms with Crippen molar-refractivity contribution in [2.75, 3.05) is 17.7 Å². The first-order chi connectivity index (χ1) is 17.9. The van der Waals surface area contributed by atoms with Crippen molar-refractivity contribution in [3.05, 3.63) is 101 Å². The third kappa shape index (κ3) is 6.09. The van der Waals surface area contributed by atoms with Crippen LogP contribution < -0.4 is 21.8 Å². The number of primary amides is 1. The lowest BCUT2D eigenvalue weighted by Gasteiger charge is -2.06. The Labute approximate surface area is 213 Å². The molecule has 0 atom stereocenters. The maximum absolute atomic E-state index is 12.9. The first-order valence-corrected chi connectivity index (χ1v) is 11.6. The lowest BCUT2D eigenvalue weighted by molar-refractivity contribution is -0.131. The van der Waals surface area contributed by atoms with Crippen LogP contribution in [0.2, 0.25) is 0 Å². The summed E-state index contributed by atoms with van der Waals surface area (Å²) in [5.74, 6) is -1.33. The van der Waals surface area contributed by atoms with Crippen LogP contribution in [0.25, 0.3) is 5.57 Å². The molecule has 3 amide bonds. The lowest BCUT2D eigenvalue weighted by Crippen LogP contribution is -2.21. The van der Waals surface area contributed by atoms with Crippen molar-refractivity contribution < 1.29 is 24.0 Å². The van der Waals surface area contributed by atoms with Crippen LogP contribution >= 0.6 is 0 Å². The Hall–Kier alpha value is -4.76. The second-order valence-electron chi connectivity index (χ2n) is 8.47. The predicted molar refractivity (Wildman–Crippen MR) is 140 cm³/mol. The fourth-order valence-electron chi connectivity index (χ4n) is 4.00. The van der Waals surface area contributed by atoms with Gasteiger partial charge in [0.2, 0.25) is 11.8 Å². The molecule has 3 aromatic rings. The van der Waals surface area contributed by atoms with Crippen molar-refractivity contribution in [2.24, 2.45) is 5.73 Å². The third-order valence-corrected chi connectivity index (χ3v) is 5.90. The van der Waals surface area contributed by atoms with Crippen molar-refractivity contribution in [2.45, 2.75) is 19.3 Å². The average Bonchev–Trinajstić information content (AvgIpc) is 3.22. The van der Waals surface area contributed by atoms with Gasteiger partial charge in [-0.2, -0.15) is 0 Å². The molecule has 1 heterocycles. The third-order valence-electron chi connectivity index (χ3n) is 5.90. The zero-order chi connectivity index (χ0) is 26.4. The number of nitrogens with two attached hydrogens (primary N) is 1. The number of hydroxylamine groups is 1. The SMILES string of the molecule is CONC(=O)CCCc1ccc(N/C=C2\C(=O)Nc3cc(C(=O)c4cccc(C(N)=O)c4)ccc32)cc1. The molecule has 1 aliphatic rings. The Morgan fingerprint density at radius 3 is 2.43 bits per heavy atom. The zero-order valence-corrected chi connectivity index (χ0v) is 20.2. The van der Waals surface area contributed by atoms with Gasteiger partial charge in [-0.1, -0.05) is 36.4 Å². The Kier molecular flexibility index (Phi) is 7.75. The first kappa shape index (κ1) is 25.3. The highest BCUT2D eigenvalue weighted by molar-refractivity contribution is 6.32. The van der Waals surface area contributed by atoms with Gasteiger partial charge in [0.1, 0.15) is 0 Å².